The summed E-state index contributed by atoms with van der Waals surface area (Å²) < 4.78 is 2.09. The smallest absolute Gasteiger partial charge is 0.277 e. The van der Waals surface area contributed by atoms with Crippen LogP contribution in [0.5, 0.6) is 0 Å². The Labute approximate surface area is 155 Å². The maximum absolute atomic E-state index is 11.5. The van der Waals surface area contributed by atoms with Gasteiger partial charge < -0.3 is 4.57 Å². The van der Waals surface area contributed by atoms with Crippen LogP contribution in [-0.4, -0.2) is 9.49 Å². The monoisotopic (exact) mass is 362 g/mol. The molecular weight excluding hydrogens is 348 g/mol. The Hall–Kier alpha value is -3.11. The third kappa shape index (κ3) is 2.85. The molecule has 1 heterocycles. The van der Waals surface area contributed by atoms with Crippen LogP contribution in [-0.2, 0) is 6.54 Å². The number of fused-ring (bicyclic) bond motifs is 1. The normalized spacial score (nSPS) is 11.0. The average Bonchev–Trinajstić information content (AvgIpc) is 3.08. The molecule has 0 radical (unpaired) electrons. The number of aromatic nitrogens is 1. The molecule has 26 heavy (non-hydrogen) atoms. The molecule has 4 aromatic rings. The summed E-state index contributed by atoms with van der Waals surface area (Å²) in [5.74, 6) is 0. The van der Waals surface area contributed by atoms with Gasteiger partial charge in [0, 0.05) is 34.8 Å². The zero-order valence-electron chi connectivity index (χ0n) is 13.8. The molecule has 0 bridgehead atoms. The quantitative estimate of drug-likeness (QED) is 0.334. The van der Waals surface area contributed by atoms with E-state index >= 15 is 0 Å². The summed E-state index contributed by atoms with van der Waals surface area (Å²) in [5.41, 5.74) is 3.53. The molecule has 0 saturated carbocycles. The first-order valence-electron chi connectivity index (χ1n) is 8.20. The van der Waals surface area contributed by atoms with Crippen LogP contribution in [0.25, 0.3) is 22.0 Å². The van der Waals surface area contributed by atoms with Crippen LogP contribution in [0.4, 0.5) is 5.69 Å². The Morgan fingerprint density at radius 3 is 2.38 bits per heavy atom. The fraction of sp³-hybridized carbons (Fsp3) is 0.0476. The minimum Gasteiger partial charge on any atom is -0.343 e. The predicted molar refractivity (Wildman–Crippen MR) is 105 cm³/mol. The van der Waals surface area contributed by atoms with Crippen molar-refractivity contribution in [1.29, 1.82) is 0 Å². The van der Waals surface area contributed by atoms with Crippen LogP contribution in [0.2, 0.25) is 5.02 Å². The highest BCUT2D eigenvalue weighted by molar-refractivity contribution is 6.36. The number of hydrogen-bond acceptors (Lipinski definition) is 2. The molecule has 3 aromatic carbocycles. The number of nitro groups is 1. The fourth-order valence-corrected chi connectivity index (χ4v) is 3.50. The summed E-state index contributed by atoms with van der Waals surface area (Å²) in [6.07, 6.45) is 1.97. The predicted octanol–water partition coefficient (Wildman–Crippen LogP) is 5.92. The van der Waals surface area contributed by atoms with Crippen LogP contribution in [0.3, 0.4) is 0 Å². The third-order valence-electron chi connectivity index (χ3n) is 4.46. The number of rotatable bonds is 4. The van der Waals surface area contributed by atoms with Gasteiger partial charge in [0.1, 0.15) is 0 Å². The third-order valence-corrected chi connectivity index (χ3v) is 4.79. The minimum absolute atomic E-state index is 0.0867. The molecule has 128 valence electrons. The van der Waals surface area contributed by atoms with Crippen LogP contribution >= 0.6 is 11.6 Å². The molecule has 0 aliphatic carbocycles. The standard InChI is InChI=1S/C21H15ClN2O2/c22-19-11-10-17(16-8-4-5-9-20(16)24(25)26)21-18(19)12-13-23(21)14-15-6-2-1-3-7-15/h1-13H,14H2. The zero-order valence-corrected chi connectivity index (χ0v) is 14.6. The van der Waals surface area contributed by atoms with Crippen LogP contribution in [0.15, 0.2) is 79.0 Å². The number of nitro benzene ring substituents is 1. The number of para-hydroxylation sites is 1. The van der Waals surface area contributed by atoms with E-state index in [-0.39, 0.29) is 10.6 Å². The second-order valence-corrected chi connectivity index (χ2v) is 6.47. The lowest BCUT2D eigenvalue weighted by atomic mass is 10.0. The Bertz CT molecular complexity index is 1100. The highest BCUT2D eigenvalue weighted by Gasteiger charge is 2.19. The molecular formula is C21H15ClN2O2. The number of hydrogen-bond donors (Lipinski definition) is 0. The Morgan fingerprint density at radius 1 is 0.885 bits per heavy atom. The molecule has 4 nitrogen and oxygen atoms in total. The van der Waals surface area contributed by atoms with Crippen molar-refractivity contribution in [2.75, 3.05) is 0 Å². The molecule has 0 atom stereocenters. The zero-order chi connectivity index (χ0) is 18.1. The van der Waals surface area contributed by atoms with Crippen molar-refractivity contribution in [1.82, 2.24) is 4.57 Å². The first kappa shape index (κ1) is 16.4. The van der Waals surface area contributed by atoms with Gasteiger partial charge in [-0.1, -0.05) is 60.1 Å². The molecule has 0 spiro atoms. The number of halogens is 1. The Morgan fingerprint density at radius 2 is 1.62 bits per heavy atom. The summed E-state index contributed by atoms with van der Waals surface area (Å²) in [6.45, 7) is 0.665. The maximum atomic E-state index is 11.5. The van der Waals surface area contributed by atoms with Crippen LogP contribution in [0, 0.1) is 10.1 Å². The van der Waals surface area contributed by atoms with Crippen molar-refractivity contribution in [2.24, 2.45) is 0 Å². The van der Waals surface area contributed by atoms with Crippen molar-refractivity contribution in [3.63, 3.8) is 0 Å². The molecule has 0 unspecified atom stereocenters. The van der Waals surface area contributed by atoms with E-state index in [1.807, 2.05) is 42.6 Å². The van der Waals surface area contributed by atoms with E-state index in [1.54, 1.807) is 18.2 Å². The molecule has 4 rings (SSSR count). The van der Waals surface area contributed by atoms with Crippen molar-refractivity contribution in [3.05, 3.63) is 99.7 Å². The summed E-state index contributed by atoms with van der Waals surface area (Å²) in [6, 6.07) is 22.5. The summed E-state index contributed by atoms with van der Waals surface area (Å²) >= 11 is 6.39. The number of nitrogens with zero attached hydrogens (tertiary/aromatic N) is 2. The minimum atomic E-state index is -0.347. The van der Waals surface area contributed by atoms with Gasteiger partial charge in [-0.15, -0.1) is 0 Å². The van der Waals surface area contributed by atoms with E-state index in [0.29, 0.717) is 17.1 Å². The van der Waals surface area contributed by atoms with Gasteiger partial charge in [0.25, 0.3) is 5.69 Å². The van der Waals surface area contributed by atoms with Crippen LogP contribution < -0.4 is 0 Å². The molecule has 1 aromatic heterocycles. The van der Waals surface area contributed by atoms with Crippen molar-refractivity contribution < 1.29 is 4.92 Å². The van der Waals surface area contributed by atoms with Crippen LogP contribution in [0.1, 0.15) is 5.56 Å². The average molecular weight is 363 g/mol. The highest BCUT2D eigenvalue weighted by Crippen LogP contribution is 2.38. The van der Waals surface area contributed by atoms with Gasteiger partial charge in [0.2, 0.25) is 0 Å². The van der Waals surface area contributed by atoms with E-state index in [2.05, 4.69) is 16.7 Å². The molecule has 0 saturated heterocycles. The van der Waals surface area contributed by atoms with Gasteiger partial charge in [-0.25, -0.2) is 0 Å². The topological polar surface area (TPSA) is 48.1 Å². The van der Waals surface area contributed by atoms with E-state index in [4.69, 9.17) is 11.6 Å². The maximum Gasteiger partial charge on any atom is 0.277 e. The SMILES string of the molecule is O=[N+]([O-])c1ccccc1-c1ccc(Cl)c2ccn(Cc3ccccc3)c12. The van der Waals surface area contributed by atoms with E-state index in [9.17, 15) is 10.1 Å². The second kappa shape index (κ2) is 6.65. The van der Waals surface area contributed by atoms with Gasteiger partial charge in [0.05, 0.1) is 16.0 Å². The van der Waals surface area contributed by atoms with E-state index in [0.717, 1.165) is 22.0 Å². The lowest BCUT2D eigenvalue weighted by Crippen LogP contribution is -2.00. The Kier molecular flexibility index (Phi) is 4.19. The van der Waals surface area contributed by atoms with Crippen molar-refractivity contribution in [3.8, 4) is 11.1 Å². The van der Waals surface area contributed by atoms with Gasteiger partial charge >= 0.3 is 0 Å². The summed E-state index contributed by atoms with van der Waals surface area (Å²) in [5, 5.41) is 13.0. The second-order valence-electron chi connectivity index (χ2n) is 6.06. The van der Waals surface area contributed by atoms with Gasteiger partial charge in [-0.2, -0.15) is 0 Å². The lowest BCUT2D eigenvalue weighted by Gasteiger charge is -2.11. The summed E-state index contributed by atoms with van der Waals surface area (Å²) in [7, 11) is 0. The highest BCUT2D eigenvalue weighted by atomic mass is 35.5. The molecule has 0 N–H and O–H groups in total. The van der Waals surface area contributed by atoms with Gasteiger partial charge in [0.15, 0.2) is 0 Å². The molecule has 5 heteroatoms. The van der Waals surface area contributed by atoms with E-state index < -0.39 is 0 Å². The largest absolute Gasteiger partial charge is 0.343 e. The lowest BCUT2D eigenvalue weighted by molar-refractivity contribution is -0.384. The molecule has 0 fully saturated rings. The van der Waals surface area contributed by atoms with Crippen molar-refractivity contribution in [2.45, 2.75) is 6.54 Å². The van der Waals surface area contributed by atoms with Gasteiger partial charge in [-0.3, -0.25) is 10.1 Å². The number of benzene rings is 3. The fourth-order valence-electron chi connectivity index (χ4n) is 3.28. The summed E-state index contributed by atoms with van der Waals surface area (Å²) in [4.78, 5) is 11.1. The Balaban J connectivity index is 1.95. The molecule has 0 amide bonds. The first-order chi connectivity index (χ1) is 12.6. The van der Waals surface area contributed by atoms with Gasteiger partial charge in [-0.05, 0) is 23.8 Å². The first-order valence-corrected chi connectivity index (χ1v) is 8.58. The molecule has 0 aliphatic rings. The van der Waals surface area contributed by atoms with Crippen molar-refractivity contribution >= 4 is 28.2 Å². The molecule has 0 aliphatic heterocycles. The van der Waals surface area contributed by atoms with E-state index in [1.165, 1.54) is 6.07 Å².